The van der Waals surface area contributed by atoms with Crippen molar-refractivity contribution in [3.05, 3.63) is 47.4 Å². The van der Waals surface area contributed by atoms with E-state index in [9.17, 15) is 4.79 Å². The van der Waals surface area contributed by atoms with Gasteiger partial charge in [0.05, 0.1) is 16.8 Å². The smallest absolute Gasteiger partial charge is 0.249 e. The first-order valence-electron chi connectivity index (χ1n) is 7.69. The van der Waals surface area contributed by atoms with E-state index in [-0.39, 0.29) is 11.7 Å². The van der Waals surface area contributed by atoms with Crippen molar-refractivity contribution in [3.63, 3.8) is 0 Å². The number of rotatable bonds is 4. The van der Waals surface area contributed by atoms with E-state index in [1.807, 2.05) is 24.3 Å². The van der Waals surface area contributed by atoms with Crippen molar-refractivity contribution in [2.75, 3.05) is 11.2 Å². The summed E-state index contributed by atoms with van der Waals surface area (Å²) >= 11 is 3.08. The highest BCUT2D eigenvalue weighted by atomic mass is 32.2. The molecule has 6 nitrogen and oxygen atoms in total. The first kappa shape index (κ1) is 16.0. The van der Waals surface area contributed by atoms with Gasteiger partial charge in [-0.1, -0.05) is 23.9 Å². The van der Waals surface area contributed by atoms with Crippen LogP contribution in [-0.2, 0) is 4.79 Å². The predicted octanol–water partition coefficient (Wildman–Crippen LogP) is 3.52. The summed E-state index contributed by atoms with van der Waals surface area (Å²) in [6.07, 6.45) is 3.17. The van der Waals surface area contributed by atoms with Gasteiger partial charge in [0.25, 0.3) is 0 Å². The molecule has 1 N–H and O–H groups in total. The van der Waals surface area contributed by atoms with Crippen LogP contribution in [0.15, 0.2) is 41.9 Å². The Labute approximate surface area is 152 Å². The summed E-state index contributed by atoms with van der Waals surface area (Å²) in [5.74, 6) is 0.164. The molecule has 0 fully saturated rings. The number of thioether (sulfide) groups is 1. The summed E-state index contributed by atoms with van der Waals surface area (Å²) in [4.78, 5) is 27.5. The molecule has 8 heteroatoms. The van der Waals surface area contributed by atoms with Gasteiger partial charge in [-0.05, 0) is 31.5 Å². The van der Waals surface area contributed by atoms with Crippen molar-refractivity contribution in [1.29, 1.82) is 0 Å². The van der Waals surface area contributed by atoms with E-state index in [1.54, 1.807) is 28.7 Å². The molecular formula is C17H15N5OS2. The molecule has 0 aliphatic carbocycles. The molecule has 0 saturated heterocycles. The third-order valence-electron chi connectivity index (χ3n) is 3.97. The van der Waals surface area contributed by atoms with Crippen LogP contribution >= 0.6 is 23.1 Å². The Morgan fingerprint density at radius 3 is 2.96 bits per heavy atom. The Hall–Kier alpha value is -2.45. The molecule has 0 unspecified atom stereocenters. The fourth-order valence-electron chi connectivity index (χ4n) is 2.61. The lowest BCUT2D eigenvalue weighted by Gasteiger charge is -2.07. The first-order valence-corrected chi connectivity index (χ1v) is 9.49. The quantitative estimate of drug-likeness (QED) is 0.440. The van der Waals surface area contributed by atoms with Gasteiger partial charge in [-0.25, -0.2) is 19.6 Å². The molecule has 4 aromatic rings. The lowest BCUT2D eigenvalue weighted by molar-refractivity contribution is -0.114. The molecule has 0 aliphatic heterocycles. The first-order chi connectivity index (χ1) is 12.1. The normalized spacial score (nSPS) is 11.3. The Bertz CT molecular complexity index is 1090. The molecule has 1 aromatic carbocycles. The largest absolute Gasteiger partial charge is 0.272 e. The maximum Gasteiger partial charge on any atom is 0.249 e. The van der Waals surface area contributed by atoms with Gasteiger partial charge in [0.2, 0.25) is 5.91 Å². The maximum absolute atomic E-state index is 12.3. The maximum atomic E-state index is 12.3. The number of imidazole rings is 1. The zero-order chi connectivity index (χ0) is 17.4. The molecule has 0 spiro atoms. The van der Waals surface area contributed by atoms with Crippen LogP contribution in [0.25, 0.3) is 21.3 Å². The molecule has 3 aromatic heterocycles. The van der Waals surface area contributed by atoms with Gasteiger partial charge < -0.3 is 0 Å². The molecule has 3 heterocycles. The van der Waals surface area contributed by atoms with E-state index in [2.05, 4.69) is 34.2 Å². The fraction of sp³-hybridized carbons (Fsp3) is 0.176. The lowest BCUT2D eigenvalue weighted by Crippen LogP contribution is -2.23. The van der Waals surface area contributed by atoms with Crippen LogP contribution in [0.4, 0.5) is 0 Å². The number of thiophene rings is 1. The minimum absolute atomic E-state index is 0.107. The highest BCUT2D eigenvalue weighted by Gasteiger charge is 2.14. The number of nitrogens with zero attached hydrogens (tertiary/aromatic N) is 4. The number of carbonyl (C=O) groups excluding carboxylic acids is 1. The molecule has 0 atom stereocenters. The zero-order valence-electron chi connectivity index (χ0n) is 13.7. The van der Waals surface area contributed by atoms with E-state index < -0.39 is 0 Å². The summed E-state index contributed by atoms with van der Waals surface area (Å²) in [6, 6.07) is 7.66. The van der Waals surface area contributed by atoms with E-state index in [0.29, 0.717) is 0 Å². The van der Waals surface area contributed by atoms with Crippen LogP contribution < -0.4 is 5.43 Å². The Morgan fingerprint density at radius 2 is 2.08 bits per heavy atom. The third kappa shape index (κ3) is 2.98. The lowest BCUT2D eigenvalue weighted by atomic mass is 10.2. The zero-order valence-corrected chi connectivity index (χ0v) is 15.3. The van der Waals surface area contributed by atoms with E-state index in [4.69, 9.17) is 0 Å². The molecule has 1 amide bonds. The number of aryl methyl sites for hydroxylation is 2. The second kappa shape index (κ2) is 6.45. The minimum Gasteiger partial charge on any atom is -0.272 e. The van der Waals surface area contributed by atoms with Gasteiger partial charge in [0.1, 0.15) is 22.5 Å². The molecule has 0 bridgehead atoms. The van der Waals surface area contributed by atoms with Gasteiger partial charge in [-0.3, -0.25) is 10.2 Å². The number of hydrogen-bond acceptors (Lipinski definition) is 6. The summed E-state index contributed by atoms with van der Waals surface area (Å²) < 4.78 is 1.65. The molecule has 126 valence electrons. The number of nitrogens with one attached hydrogen (secondary N) is 1. The van der Waals surface area contributed by atoms with Crippen molar-refractivity contribution in [3.8, 4) is 0 Å². The van der Waals surface area contributed by atoms with Crippen molar-refractivity contribution in [2.45, 2.75) is 18.9 Å². The van der Waals surface area contributed by atoms with Crippen LogP contribution in [0.3, 0.4) is 0 Å². The highest BCUT2D eigenvalue weighted by Crippen LogP contribution is 2.34. The Balaban J connectivity index is 1.51. The summed E-state index contributed by atoms with van der Waals surface area (Å²) in [6.45, 7) is 4.15. The van der Waals surface area contributed by atoms with E-state index >= 15 is 0 Å². The van der Waals surface area contributed by atoms with Crippen LogP contribution in [-0.4, -0.2) is 31.3 Å². The summed E-state index contributed by atoms with van der Waals surface area (Å²) in [5, 5.41) is 1.90. The van der Waals surface area contributed by atoms with Crippen molar-refractivity contribution in [1.82, 2.24) is 19.6 Å². The molecule has 25 heavy (non-hydrogen) atoms. The number of fused-ring (bicyclic) bond motifs is 2. The molecule has 0 radical (unpaired) electrons. The number of para-hydroxylation sites is 2. The van der Waals surface area contributed by atoms with Crippen molar-refractivity contribution >= 4 is 50.3 Å². The molecule has 0 aliphatic rings. The minimum atomic E-state index is -0.107. The van der Waals surface area contributed by atoms with Gasteiger partial charge in [0.15, 0.2) is 0 Å². The van der Waals surface area contributed by atoms with Gasteiger partial charge in [0, 0.05) is 10.3 Å². The van der Waals surface area contributed by atoms with Crippen LogP contribution in [0.2, 0.25) is 0 Å². The molecule has 0 saturated carbocycles. The second-order valence-electron chi connectivity index (χ2n) is 5.57. The third-order valence-corrected chi connectivity index (χ3v) is 6.07. The number of carbonyl (C=O) groups is 1. The van der Waals surface area contributed by atoms with E-state index in [1.165, 1.54) is 22.2 Å². The average molecular weight is 369 g/mol. The Morgan fingerprint density at radius 1 is 1.24 bits per heavy atom. The van der Waals surface area contributed by atoms with E-state index in [0.717, 1.165) is 26.3 Å². The van der Waals surface area contributed by atoms with Gasteiger partial charge >= 0.3 is 0 Å². The molecular weight excluding hydrogens is 354 g/mol. The number of benzene rings is 1. The monoisotopic (exact) mass is 369 g/mol. The van der Waals surface area contributed by atoms with Crippen LogP contribution in [0.5, 0.6) is 0 Å². The number of amides is 1. The average Bonchev–Trinajstić information content (AvgIpc) is 3.15. The number of aromatic nitrogens is 4. The standard InChI is InChI=1S/C17H15N5OS2/c1-10-11(2)25-17-15(10)16(18-8-19-17)24-7-14(23)21-22-9-20-12-5-3-4-6-13(12)22/h3-6,8-9H,7H2,1-2H3,(H,21,23). The van der Waals surface area contributed by atoms with Gasteiger partial charge in [-0.15, -0.1) is 11.3 Å². The van der Waals surface area contributed by atoms with Crippen molar-refractivity contribution < 1.29 is 4.79 Å². The summed E-state index contributed by atoms with van der Waals surface area (Å²) in [7, 11) is 0. The number of hydrogen-bond donors (Lipinski definition) is 1. The van der Waals surface area contributed by atoms with Gasteiger partial charge in [-0.2, -0.15) is 0 Å². The summed E-state index contributed by atoms with van der Waals surface area (Å²) in [5.41, 5.74) is 5.76. The SMILES string of the molecule is Cc1sc2ncnc(SCC(=O)Nn3cnc4ccccc43)c2c1C. The highest BCUT2D eigenvalue weighted by molar-refractivity contribution is 8.00. The topological polar surface area (TPSA) is 72.7 Å². The molecule has 4 rings (SSSR count). The predicted molar refractivity (Wildman–Crippen MR) is 102 cm³/mol. The fourth-order valence-corrected chi connectivity index (χ4v) is 4.52. The van der Waals surface area contributed by atoms with Crippen LogP contribution in [0, 0.1) is 13.8 Å². The Kier molecular flexibility index (Phi) is 4.14. The van der Waals surface area contributed by atoms with Crippen LogP contribution in [0.1, 0.15) is 10.4 Å². The second-order valence-corrected chi connectivity index (χ2v) is 7.74. The van der Waals surface area contributed by atoms with Crippen molar-refractivity contribution in [2.24, 2.45) is 0 Å².